The van der Waals surface area contributed by atoms with Gasteiger partial charge in [-0.25, -0.2) is 0 Å². The highest BCUT2D eigenvalue weighted by atomic mass is 35.6. The Balaban J connectivity index is 2.34. The van der Waals surface area contributed by atoms with E-state index < -0.39 is 7.38 Å². The van der Waals surface area contributed by atoms with Crippen molar-refractivity contribution >= 4 is 47.5 Å². The van der Waals surface area contributed by atoms with Crippen LogP contribution in [0, 0.1) is 0 Å². The Hall–Kier alpha value is -0.313. The van der Waals surface area contributed by atoms with E-state index in [0.717, 1.165) is 0 Å². The van der Waals surface area contributed by atoms with Crippen LogP contribution in [-0.2, 0) is 0 Å². The lowest BCUT2D eigenvalue weighted by atomic mass is 10.1. The summed E-state index contributed by atoms with van der Waals surface area (Å²) in [5, 5.41) is 1.50. The van der Waals surface area contributed by atoms with E-state index in [0.29, 0.717) is 5.54 Å². The molecule has 3 heteroatoms. The highest BCUT2D eigenvalue weighted by Crippen LogP contribution is 2.47. The molecule has 96 valence electrons. The van der Waals surface area contributed by atoms with Gasteiger partial charge in [0.25, 0.3) is 0 Å². The van der Waals surface area contributed by atoms with Gasteiger partial charge in [0, 0.05) is 15.0 Å². The number of rotatable bonds is 1. The second kappa shape index (κ2) is 4.09. The largest absolute Gasteiger partial charge is 0.167 e. The van der Waals surface area contributed by atoms with E-state index in [-0.39, 0.29) is 0 Å². The van der Waals surface area contributed by atoms with Gasteiger partial charge < -0.3 is 0 Å². The molecule has 1 aromatic rings. The Morgan fingerprint density at radius 1 is 1.22 bits per heavy atom. The zero-order valence-electron chi connectivity index (χ0n) is 11.4. The van der Waals surface area contributed by atoms with Crippen LogP contribution >= 0.6 is 22.4 Å². The summed E-state index contributed by atoms with van der Waals surface area (Å²) in [6.07, 6.45) is 7.21. The maximum absolute atomic E-state index is 6.78. The van der Waals surface area contributed by atoms with Crippen LogP contribution in [0.1, 0.15) is 42.7 Å². The van der Waals surface area contributed by atoms with E-state index in [4.69, 9.17) is 11.1 Å². The second-order valence-electron chi connectivity index (χ2n) is 5.91. The molecule has 0 aromatic carbocycles. The zero-order valence-corrected chi connectivity index (χ0v) is 14.0. The number of thiophene rings is 1. The van der Waals surface area contributed by atoms with Crippen LogP contribution in [0.4, 0.5) is 0 Å². The molecule has 3 rings (SSSR count). The molecule has 0 nitrogen and oxygen atoms in total. The van der Waals surface area contributed by atoms with E-state index in [1.165, 1.54) is 39.3 Å². The minimum atomic E-state index is -1.70. The monoisotopic (exact) mass is 294 g/mol. The van der Waals surface area contributed by atoms with Crippen LogP contribution in [0.25, 0.3) is 17.7 Å². The Morgan fingerprint density at radius 2 is 1.89 bits per heavy atom. The van der Waals surface area contributed by atoms with Crippen LogP contribution in [-0.4, -0.2) is 7.38 Å². The summed E-state index contributed by atoms with van der Waals surface area (Å²) in [6.45, 7) is 9.11. The van der Waals surface area contributed by atoms with Gasteiger partial charge in [-0.05, 0) is 43.0 Å². The molecule has 18 heavy (non-hydrogen) atoms. The van der Waals surface area contributed by atoms with Gasteiger partial charge in [-0.3, -0.25) is 0 Å². The first kappa shape index (κ1) is 12.7. The summed E-state index contributed by atoms with van der Waals surface area (Å²) in [6, 6.07) is 0. The van der Waals surface area contributed by atoms with E-state index >= 15 is 0 Å². The lowest BCUT2D eigenvalue weighted by Gasteiger charge is -2.23. The molecule has 1 aromatic heterocycles. The number of hydrogen-bond acceptors (Lipinski definition) is 1. The van der Waals surface area contributed by atoms with Gasteiger partial charge in [0.2, 0.25) is 0 Å². The van der Waals surface area contributed by atoms with Crippen LogP contribution in [0.5, 0.6) is 0 Å². The highest BCUT2D eigenvalue weighted by molar-refractivity contribution is 7.21. The molecule has 1 atom stereocenters. The van der Waals surface area contributed by atoms with E-state index in [9.17, 15) is 0 Å². The van der Waals surface area contributed by atoms with E-state index in [1.54, 1.807) is 4.88 Å². The molecule has 2 aliphatic rings. The molecule has 0 spiro atoms. The quantitative estimate of drug-likeness (QED) is 0.543. The number of hydrogen-bond donors (Lipinski definition) is 0. The van der Waals surface area contributed by atoms with Crippen LogP contribution in [0.15, 0.2) is 5.57 Å². The molecule has 0 aliphatic heterocycles. The van der Waals surface area contributed by atoms with Crippen LogP contribution in [0.3, 0.4) is 0 Å². The zero-order chi connectivity index (χ0) is 13.1. The van der Waals surface area contributed by atoms with Crippen molar-refractivity contribution in [2.24, 2.45) is 0 Å². The maximum atomic E-state index is 6.78. The number of halogens is 1. The molecule has 1 unspecified atom stereocenters. The summed E-state index contributed by atoms with van der Waals surface area (Å²) in [5.41, 5.74) is 5.05. The molecule has 2 aliphatic carbocycles. The first-order valence-corrected chi connectivity index (χ1v) is 11.5. The second-order valence-corrected chi connectivity index (χ2v) is 13.6. The minimum Gasteiger partial charge on any atom is -0.167 e. The number of fused-ring (bicyclic) bond motifs is 3. The Morgan fingerprint density at radius 3 is 2.56 bits per heavy atom. The fraction of sp³-hybridized carbons (Fsp3) is 0.467. The predicted molar refractivity (Wildman–Crippen MR) is 86.1 cm³/mol. The summed E-state index contributed by atoms with van der Waals surface area (Å²) in [5.74, 6) is 0. The summed E-state index contributed by atoms with van der Waals surface area (Å²) in [7, 11) is -1.70. The van der Waals surface area contributed by atoms with Crippen molar-refractivity contribution in [3.63, 3.8) is 0 Å². The Bertz CT molecular complexity index is 658. The normalized spacial score (nSPS) is 22.4. The predicted octanol–water partition coefficient (Wildman–Crippen LogP) is 3.98. The average molecular weight is 295 g/mol. The highest BCUT2D eigenvalue weighted by Gasteiger charge is 2.40. The van der Waals surface area contributed by atoms with Gasteiger partial charge >= 0.3 is 0 Å². The van der Waals surface area contributed by atoms with Crippen molar-refractivity contribution in [1.82, 2.24) is 0 Å². The van der Waals surface area contributed by atoms with E-state index in [1.807, 2.05) is 11.3 Å². The first-order valence-electron chi connectivity index (χ1n) is 6.61. The third-order valence-electron chi connectivity index (χ3n) is 4.19. The average Bonchev–Trinajstić information content (AvgIpc) is 2.74. The van der Waals surface area contributed by atoms with Gasteiger partial charge in [-0.2, -0.15) is 11.1 Å². The van der Waals surface area contributed by atoms with Crippen molar-refractivity contribution in [3.8, 4) is 0 Å². The van der Waals surface area contributed by atoms with Crippen LogP contribution < -0.4 is 9.75 Å². The SMILES string of the molecule is CC1=C(C)C([Si](C)(C)Cl)c2sc3c(c21)=CCCC=3. The van der Waals surface area contributed by atoms with Crippen molar-refractivity contribution in [2.75, 3.05) is 0 Å². The van der Waals surface area contributed by atoms with Gasteiger partial charge in [0.05, 0.1) is 0 Å². The van der Waals surface area contributed by atoms with Crippen LogP contribution in [0.2, 0.25) is 13.1 Å². The standard InChI is InChI=1S/C15H19ClSSi/c1-9-10(2)15(18(3,4)16)14-13(9)11-7-5-6-8-12(11)17-14/h7-8,15H,5-6H2,1-4H3. The number of allylic oxidation sites excluding steroid dienone is 2. The van der Waals surface area contributed by atoms with Crippen molar-refractivity contribution in [2.45, 2.75) is 45.3 Å². The van der Waals surface area contributed by atoms with E-state index in [2.05, 4.69) is 39.1 Å². The third kappa shape index (κ3) is 1.69. The fourth-order valence-electron chi connectivity index (χ4n) is 3.30. The fourth-order valence-corrected chi connectivity index (χ4v) is 8.78. The Labute approximate surface area is 118 Å². The lowest BCUT2D eigenvalue weighted by molar-refractivity contribution is 1.12. The molecular formula is C15H19ClSSi. The lowest BCUT2D eigenvalue weighted by Crippen LogP contribution is -2.27. The Kier molecular flexibility index (Phi) is 2.89. The van der Waals surface area contributed by atoms with Crippen molar-refractivity contribution in [1.29, 1.82) is 0 Å². The molecule has 1 heterocycles. The smallest absolute Gasteiger partial charge is 0.162 e. The van der Waals surface area contributed by atoms with Crippen molar-refractivity contribution in [3.05, 3.63) is 25.8 Å². The molecule has 0 saturated heterocycles. The topological polar surface area (TPSA) is 0 Å². The molecule has 0 radical (unpaired) electrons. The minimum absolute atomic E-state index is 0.520. The molecular weight excluding hydrogens is 276 g/mol. The summed E-state index contributed by atoms with van der Waals surface area (Å²) >= 11 is 8.77. The van der Waals surface area contributed by atoms with Gasteiger partial charge in [0.15, 0.2) is 7.38 Å². The molecule has 0 bridgehead atoms. The van der Waals surface area contributed by atoms with Gasteiger partial charge in [-0.1, -0.05) is 30.8 Å². The first-order chi connectivity index (χ1) is 8.41. The third-order valence-corrected chi connectivity index (χ3v) is 8.42. The summed E-state index contributed by atoms with van der Waals surface area (Å²) in [4.78, 5) is 1.55. The molecule has 0 N–H and O–H groups in total. The molecule has 0 saturated carbocycles. The molecule has 0 amide bonds. The van der Waals surface area contributed by atoms with Gasteiger partial charge in [-0.15, -0.1) is 11.3 Å². The van der Waals surface area contributed by atoms with Crippen molar-refractivity contribution < 1.29 is 0 Å². The molecule has 0 fully saturated rings. The maximum Gasteiger partial charge on any atom is 0.162 e. The summed E-state index contributed by atoms with van der Waals surface area (Å²) < 4.78 is 1.48. The van der Waals surface area contributed by atoms with Gasteiger partial charge in [0.1, 0.15) is 0 Å².